The second-order valence-corrected chi connectivity index (χ2v) is 35.0. The Balaban J connectivity index is 0.000000139. The van der Waals surface area contributed by atoms with Gasteiger partial charge in [0.1, 0.15) is 34.1 Å². The second kappa shape index (κ2) is 38.1. The summed E-state index contributed by atoms with van der Waals surface area (Å²) in [7, 11) is 5.65. The van der Waals surface area contributed by atoms with Gasteiger partial charge in [0.05, 0.1) is 82.4 Å². The fourth-order valence-electron chi connectivity index (χ4n) is 18.9. The summed E-state index contributed by atoms with van der Waals surface area (Å²) >= 11 is 0. The van der Waals surface area contributed by atoms with E-state index >= 15 is 0 Å². The van der Waals surface area contributed by atoms with E-state index in [0.29, 0.717) is 69.3 Å². The number of ketones is 3. The Hall–Kier alpha value is -11.1. The van der Waals surface area contributed by atoms with Crippen LogP contribution in [-0.4, -0.2) is 105 Å². The van der Waals surface area contributed by atoms with Crippen molar-refractivity contribution in [2.24, 2.45) is 41.4 Å². The van der Waals surface area contributed by atoms with Crippen molar-refractivity contribution in [2.75, 3.05) is 39.8 Å². The molecule has 10 aromatic carbocycles. The van der Waals surface area contributed by atoms with Gasteiger partial charge in [0.25, 0.3) is 0 Å². The second-order valence-electron chi connectivity index (χ2n) is 35.0. The minimum atomic E-state index is -4.34. The van der Waals surface area contributed by atoms with Crippen LogP contribution in [0.15, 0.2) is 194 Å². The van der Waals surface area contributed by atoms with Crippen molar-refractivity contribution >= 4 is 112 Å². The molecule has 4 aliphatic carbocycles. The first kappa shape index (κ1) is 92.1. The quantitative estimate of drug-likeness (QED) is 0.0237. The molecule has 3 fully saturated rings. The minimum absolute atomic E-state index is 0. The van der Waals surface area contributed by atoms with E-state index in [2.05, 4.69) is 163 Å². The third-order valence-electron chi connectivity index (χ3n) is 25.4. The number of Topliss-reactive ketones (excluding diaryl/α,β-unsaturated/α-hetero) is 3. The van der Waals surface area contributed by atoms with Gasteiger partial charge in [-0.25, -0.2) is 34.7 Å². The number of amides is 2. The number of anilines is 2. The number of fused-ring (bicyclic) bond motifs is 22. The summed E-state index contributed by atoms with van der Waals surface area (Å²) in [4.78, 5) is 92.3. The largest absolute Gasteiger partial charge is 1.00 e. The van der Waals surface area contributed by atoms with Gasteiger partial charge in [-0.1, -0.05) is 161 Å². The molecule has 3 aliphatic heterocycles. The maximum atomic E-state index is 12.8. The zero-order valence-corrected chi connectivity index (χ0v) is 73.9. The van der Waals surface area contributed by atoms with Crippen molar-refractivity contribution in [3.8, 4) is 11.5 Å². The Kier molecular flexibility index (Phi) is 28.3. The van der Waals surface area contributed by atoms with Crippen LogP contribution in [0.1, 0.15) is 205 Å². The number of hydroxylamine groups is 4. The summed E-state index contributed by atoms with van der Waals surface area (Å²) in [5.41, 5.74) is 24.8. The Morgan fingerprint density at radius 1 is 0.484 bits per heavy atom. The van der Waals surface area contributed by atoms with Gasteiger partial charge < -0.3 is 25.7 Å². The predicted octanol–water partition coefficient (Wildman–Crippen LogP) is 19.4. The number of halogens is 3. The molecule has 12 aromatic rings. The number of para-hydroxylation sites is 4. The van der Waals surface area contributed by atoms with Crippen LogP contribution in [0, 0.1) is 54.4 Å². The molecule has 5 heterocycles. The number of alkyl halides is 3. The van der Waals surface area contributed by atoms with Crippen molar-refractivity contribution in [2.45, 2.75) is 176 Å². The topological polar surface area (TPSA) is 251 Å². The van der Waals surface area contributed by atoms with Crippen molar-refractivity contribution in [1.29, 1.82) is 0 Å². The number of rotatable bonds is 5. The van der Waals surface area contributed by atoms with Crippen LogP contribution in [0.3, 0.4) is 0 Å². The molecule has 0 bridgehead atoms. The molecule has 0 saturated heterocycles. The Bertz CT molecular complexity index is 5800. The molecule has 23 heteroatoms. The SMILES string of the molecule is CC(=O)c1ccc(C(F)(F)F)cc1.CON(C)C(C)=O.CON(OC)C(=O)c1ccc(N)c(N)c1.C[C@H]1CC[C@H]2[C@H](C1)C1=C(OC2(C)C)c2ccccc2C(=O)C1=O.C[C@H]1CC[C@H]2[C@H](C1)c1c(c3ccccc3c3nc4ccccc4nc13)OC2(C)C.C[C@H]1CC[C@H]2[C@H](C1)c1c(c3ccccc3c3nc4ccccc4nc13)OC2(C)C.Cc1cc[c-]cc1.[Li+]. The summed E-state index contributed by atoms with van der Waals surface area (Å²) in [5, 5.41) is 6.51. The monoisotopic (exact) mass is 1670 g/mol. The number of carbonyl (C=O) groups is 5. The molecule has 7 aliphatic rings. The van der Waals surface area contributed by atoms with E-state index in [4.69, 9.17) is 45.6 Å². The molecule has 0 unspecified atom stereocenters. The van der Waals surface area contributed by atoms with Crippen LogP contribution in [0.4, 0.5) is 24.5 Å². The van der Waals surface area contributed by atoms with E-state index in [0.717, 1.165) is 125 Å². The van der Waals surface area contributed by atoms with Gasteiger partial charge in [0.15, 0.2) is 5.78 Å². The molecule has 2 aromatic heterocycles. The fourth-order valence-corrected chi connectivity index (χ4v) is 18.9. The normalized spacial score (nSPS) is 21.2. The van der Waals surface area contributed by atoms with Crippen molar-refractivity contribution in [1.82, 2.24) is 30.2 Å². The number of aryl methyl sites for hydroxylation is 1. The van der Waals surface area contributed by atoms with E-state index in [1.807, 2.05) is 60.7 Å². The molecular formula is C101H110F3LiN8O11. The molecule has 2 amide bonds. The standard InChI is InChI=1S/2C26H26N2O.C20H22O3.C9H7F3O.C9H13N3O3.C7H7.C4H9NO2.Li/c2*1-15-12-13-19-18(14-15)22-24-23(27-20-10-6-7-11-21(20)28-24)16-8-4-5-9-17(16)25(22)29-26(19,2)3;1-11-8-9-15-14(10-11)16-18(22)17(21)12-6-4-5-7-13(12)19(16)23-20(15,2)3;1-6(13)7-2-4-8(5-3-7)9(10,11)12;1-14-12(15-2)9(13)6-3-4-7(10)8(11)5-6;1-7-5-3-2-4-6-7;1-4(6)5(2)7-3;/h2*4-11,15,18-19H,12-14H2,1-3H3;4-7,11,14-15H,8-10H2,1-3H3;2-5H,1H3;3-5H,10-11H2,1-2H3;3-6H,1H3;1-3H3;/q;;;;;-1;;+1/t2*15-,18-,19-;11-,14-,15-;;;;;/m000...../s1. The number of ether oxygens (including phenoxy) is 3. The van der Waals surface area contributed by atoms with Gasteiger partial charge in [-0.3, -0.25) is 28.8 Å². The van der Waals surface area contributed by atoms with E-state index in [-0.39, 0.29) is 70.4 Å². The molecule has 642 valence electrons. The number of benzene rings is 10. The number of nitrogens with two attached hydrogens (primary N) is 2. The van der Waals surface area contributed by atoms with E-state index in [1.165, 1.54) is 119 Å². The third-order valence-corrected chi connectivity index (χ3v) is 25.4. The van der Waals surface area contributed by atoms with Crippen LogP contribution in [0.5, 0.6) is 11.5 Å². The van der Waals surface area contributed by atoms with Gasteiger partial charge in [0, 0.05) is 92.2 Å². The van der Waals surface area contributed by atoms with E-state index in [1.54, 1.807) is 31.3 Å². The molecule has 124 heavy (non-hydrogen) atoms. The van der Waals surface area contributed by atoms with Gasteiger partial charge >= 0.3 is 30.9 Å². The third kappa shape index (κ3) is 19.4. The average Bonchev–Trinajstić information content (AvgIpc) is 0.719. The predicted molar refractivity (Wildman–Crippen MR) is 477 cm³/mol. The minimum Gasteiger partial charge on any atom is -0.487 e. The number of hydrogen-bond acceptors (Lipinski definition) is 17. The van der Waals surface area contributed by atoms with Gasteiger partial charge in [0.2, 0.25) is 17.5 Å². The molecule has 19 nitrogen and oxygen atoms in total. The zero-order valence-electron chi connectivity index (χ0n) is 73.9. The summed E-state index contributed by atoms with van der Waals surface area (Å²) in [6.45, 7) is 25.2. The Morgan fingerprint density at radius 3 is 1.27 bits per heavy atom. The van der Waals surface area contributed by atoms with Crippen molar-refractivity contribution in [3.63, 3.8) is 0 Å². The number of nitrogen functional groups attached to an aromatic ring is 2. The summed E-state index contributed by atoms with van der Waals surface area (Å²) in [6, 6.07) is 60.3. The summed E-state index contributed by atoms with van der Waals surface area (Å²) in [5.74, 6) is 5.69. The first-order chi connectivity index (χ1) is 58.5. The van der Waals surface area contributed by atoms with Crippen LogP contribution >= 0.6 is 0 Å². The van der Waals surface area contributed by atoms with Crippen molar-refractivity contribution < 1.29 is 84.7 Å². The number of hydrogen-bond donors (Lipinski definition) is 2. The summed E-state index contributed by atoms with van der Waals surface area (Å²) in [6.07, 6.45) is 6.24. The van der Waals surface area contributed by atoms with Gasteiger partial charge in [-0.05, 0) is 177 Å². The first-order valence-corrected chi connectivity index (χ1v) is 42.2. The van der Waals surface area contributed by atoms with Gasteiger partial charge in [-0.15, -0.1) is 0 Å². The van der Waals surface area contributed by atoms with Crippen LogP contribution in [0.2, 0.25) is 0 Å². The Labute approximate surface area is 735 Å². The molecular weight excluding hydrogens is 1570 g/mol. The smallest absolute Gasteiger partial charge is 0.487 e. The van der Waals surface area contributed by atoms with Gasteiger partial charge in [-0.2, -0.15) is 49.1 Å². The van der Waals surface area contributed by atoms with Crippen LogP contribution in [0.25, 0.3) is 71.4 Å². The van der Waals surface area contributed by atoms with E-state index < -0.39 is 17.6 Å². The number of allylic oxidation sites excluding steroid dienone is 1. The molecule has 19 rings (SSSR count). The molecule has 0 radical (unpaired) electrons. The van der Waals surface area contributed by atoms with Crippen LogP contribution < -0.4 is 39.8 Å². The fraction of sp³-hybridized carbons (Fsp3) is 0.376. The number of aromatic nitrogens is 4. The molecule has 4 N–H and O–H groups in total. The van der Waals surface area contributed by atoms with Crippen LogP contribution in [-0.2, 0) is 35.0 Å². The molecule has 3 saturated carbocycles. The maximum Gasteiger partial charge on any atom is 1.00 e. The summed E-state index contributed by atoms with van der Waals surface area (Å²) < 4.78 is 56.0. The molecule has 0 spiro atoms. The first-order valence-electron chi connectivity index (χ1n) is 42.2. The molecule has 9 atom stereocenters. The average molecular weight is 1680 g/mol. The number of nitrogens with zero attached hydrogens (tertiary/aromatic N) is 6. The van der Waals surface area contributed by atoms with Crippen molar-refractivity contribution in [3.05, 3.63) is 244 Å². The van der Waals surface area contributed by atoms with E-state index in [9.17, 15) is 37.1 Å². The Morgan fingerprint density at radius 2 is 0.879 bits per heavy atom. The zero-order chi connectivity index (χ0) is 88.3. The maximum absolute atomic E-state index is 12.8. The number of carbonyl (C=O) groups excluding carboxylic acids is 5.